The molecule has 1 aromatic heterocycles. The van der Waals surface area contributed by atoms with E-state index in [-0.39, 0.29) is 5.41 Å². The average Bonchev–Trinajstić information content (AvgIpc) is 3.12. The second-order valence-corrected chi connectivity index (χ2v) is 8.13. The van der Waals surface area contributed by atoms with Crippen LogP contribution in [0.4, 0.5) is 0 Å². The summed E-state index contributed by atoms with van der Waals surface area (Å²) in [5, 5.41) is 0. The number of carbonyl (C=O) groups is 1. The Hall–Kier alpha value is -1.36. The fourth-order valence-corrected chi connectivity index (χ4v) is 4.73. The highest BCUT2D eigenvalue weighted by molar-refractivity contribution is 5.84. The fourth-order valence-electron chi connectivity index (χ4n) is 4.73. The molecular weight excluding hydrogens is 300 g/mol. The zero-order valence-corrected chi connectivity index (χ0v) is 14.9. The molecule has 2 saturated heterocycles. The Morgan fingerprint density at radius 3 is 2.79 bits per heavy atom. The van der Waals surface area contributed by atoms with Crippen LogP contribution in [-0.2, 0) is 11.3 Å². The molecule has 5 heteroatoms. The third kappa shape index (κ3) is 2.99. The molecule has 1 atom stereocenters. The third-order valence-corrected chi connectivity index (χ3v) is 6.54. The van der Waals surface area contributed by atoms with Crippen LogP contribution in [0.3, 0.4) is 0 Å². The monoisotopic (exact) mass is 330 g/mol. The predicted molar refractivity (Wildman–Crippen MR) is 93.6 cm³/mol. The summed E-state index contributed by atoms with van der Waals surface area (Å²) in [5.41, 5.74) is -0.0774. The summed E-state index contributed by atoms with van der Waals surface area (Å²) in [7, 11) is 0. The molecule has 132 valence electrons. The second-order valence-electron chi connectivity index (χ2n) is 8.13. The van der Waals surface area contributed by atoms with E-state index in [0.29, 0.717) is 5.91 Å². The quantitative estimate of drug-likeness (QED) is 0.832. The highest BCUT2D eigenvalue weighted by Crippen LogP contribution is 2.41. The zero-order chi connectivity index (χ0) is 16.6. The van der Waals surface area contributed by atoms with Gasteiger partial charge in [-0.25, -0.2) is 4.98 Å². The van der Waals surface area contributed by atoms with Crippen molar-refractivity contribution in [2.75, 3.05) is 32.7 Å². The molecule has 24 heavy (non-hydrogen) atoms. The van der Waals surface area contributed by atoms with Crippen molar-refractivity contribution >= 4 is 5.91 Å². The maximum absolute atomic E-state index is 13.1. The van der Waals surface area contributed by atoms with Crippen LogP contribution in [0.15, 0.2) is 12.4 Å². The molecule has 4 rings (SSSR count). The van der Waals surface area contributed by atoms with Gasteiger partial charge in [0.1, 0.15) is 5.82 Å². The maximum Gasteiger partial charge on any atom is 0.230 e. The van der Waals surface area contributed by atoms with E-state index in [1.807, 2.05) is 12.4 Å². The largest absolute Gasteiger partial charge is 0.342 e. The van der Waals surface area contributed by atoms with Gasteiger partial charge in [-0.1, -0.05) is 6.42 Å². The fraction of sp³-hybridized carbons (Fsp3) is 0.789. The zero-order valence-electron chi connectivity index (χ0n) is 14.9. The van der Waals surface area contributed by atoms with Gasteiger partial charge in [0.25, 0.3) is 0 Å². The first-order chi connectivity index (χ1) is 11.7. The van der Waals surface area contributed by atoms with Gasteiger partial charge >= 0.3 is 0 Å². The van der Waals surface area contributed by atoms with Crippen LogP contribution in [0, 0.1) is 18.3 Å². The van der Waals surface area contributed by atoms with E-state index in [9.17, 15) is 4.79 Å². The van der Waals surface area contributed by atoms with Crippen LogP contribution in [-0.4, -0.2) is 58.0 Å². The Bertz CT molecular complexity index is 594. The van der Waals surface area contributed by atoms with Gasteiger partial charge in [-0.2, -0.15) is 0 Å². The van der Waals surface area contributed by atoms with Crippen molar-refractivity contribution in [2.24, 2.45) is 11.3 Å². The molecule has 0 bridgehead atoms. The van der Waals surface area contributed by atoms with Gasteiger partial charge in [-0.05, 0) is 51.5 Å². The van der Waals surface area contributed by atoms with E-state index in [2.05, 4.69) is 26.3 Å². The van der Waals surface area contributed by atoms with Gasteiger partial charge in [0.05, 0.1) is 5.41 Å². The van der Waals surface area contributed by atoms with Gasteiger partial charge in [0.2, 0.25) is 5.91 Å². The number of hydrogen-bond donors (Lipinski definition) is 0. The Morgan fingerprint density at radius 2 is 2.08 bits per heavy atom. The lowest BCUT2D eigenvalue weighted by Crippen LogP contribution is -2.51. The van der Waals surface area contributed by atoms with Gasteiger partial charge in [-0.3, -0.25) is 4.79 Å². The Morgan fingerprint density at radius 1 is 1.21 bits per heavy atom. The number of aromatic nitrogens is 2. The van der Waals surface area contributed by atoms with Crippen molar-refractivity contribution in [3.8, 4) is 0 Å². The summed E-state index contributed by atoms with van der Waals surface area (Å²) >= 11 is 0. The van der Waals surface area contributed by atoms with Crippen LogP contribution in [0.25, 0.3) is 0 Å². The van der Waals surface area contributed by atoms with Crippen molar-refractivity contribution in [2.45, 2.75) is 52.0 Å². The summed E-state index contributed by atoms with van der Waals surface area (Å²) < 4.78 is 2.20. The number of aryl methyl sites for hydroxylation is 1. The standard InChI is InChI=1S/C19H30N4O/c1-16-20-8-11-22(16)13-12-21-10-7-19(15-21)6-3-9-23(18(19)24)14-17-4-2-5-17/h8,11,17H,2-7,9-10,12-15H2,1H3. The van der Waals surface area contributed by atoms with E-state index >= 15 is 0 Å². The lowest BCUT2D eigenvalue weighted by molar-refractivity contribution is -0.146. The first-order valence-corrected chi connectivity index (χ1v) is 9.66. The average molecular weight is 330 g/mol. The lowest BCUT2D eigenvalue weighted by Gasteiger charge is -2.42. The van der Waals surface area contributed by atoms with Crippen molar-refractivity contribution in [3.63, 3.8) is 0 Å². The van der Waals surface area contributed by atoms with E-state index in [1.165, 1.54) is 25.7 Å². The topological polar surface area (TPSA) is 41.4 Å². The number of nitrogens with zero attached hydrogens (tertiary/aromatic N) is 4. The number of likely N-dealkylation sites (tertiary alicyclic amines) is 2. The van der Waals surface area contributed by atoms with Crippen LogP contribution >= 0.6 is 0 Å². The number of carbonyl (C=O) groups excluding carboxylic acids is 1. The first-order valence-electron chi connectivity index (χ1n) is 9.66. The molecule has 0 aromatic carbocycles. The minimum absolute atomic E-state index is 0.0774. The predicted octanol–water partition coefficient (Wildman–Crippen LogP) is 2.31. The normalized spacial score (nSPS) is 28.7. The van der Waals surface area contributed by atoms with E-state index < -0.39 is 0 Å². The van der Waals surface area contributed by atoms with Crippen molar-refractivity contribution in [3.05, 3.63) is 18.2 Å². The molecule has 1 aliphatic carbocycles. The van der Waals surface area contributed by atoms with Gasteiger partial charge in [-0.15, -0.1) is 0 Å². The van der Waals surface area contributed by atoms with E-state index in [1.54, 1.807) is 0 Å². The molecule has 5 nitrogen and oxygen atoms in total. The summed E-state index contributed by atoms with van der Waals surface area (Å²) in [5.74, 6) is 2.32. The number of imidazole rings is 1. The van der Waals surface area contributed by atoms with Gasteiger partial charge in [0.15, 0.2) is 0 Å². The van der Waals surface area contributed by atoms with Crippen molar-refractivity contribution in [1.29, 1.82) is 0 Å². The van der Waals surface area contributed by atoms with Crippen LogP contribution in [0.1, 0.15) is 44.3 Å². The van der Waals surface area contributed by atoms with Crippen LogP contribution in [0.5, 0.6) is 0 Å². The maximum atomic E-state index is 13.1. The minimum atomic E-state index is -0.0774. The molecule has 3 fully saturated rings. The SMILES string of the molecule is Cc1nccn1CCN1CCC2(CCCN(CC3CCC3)C2=O)C1. The molecule has 1 aromatic rings. The van der Waals surface area contributed by atoms with Gasteiger partial charge < -0.3 is 14.4 Å². The summed E-state index contributed by atoms with van der Waals surface area (Å²) in [6.07, 6.45) is 11.3. The minimum Gasteiger partial charge on any atom is -0.342 e. The second kappa shape index (κ2) is 6.51. The van der Waals surface area contributed by atoms with Crippen molar-refractivity contribution < 1.29 is 4.79 Å². The molecule has 1 spiro atoms. The molecular formula is C19H30N4O. The van der Waals surface area contributed by atoms with Crippen LogP contribution in [0.2, 0.25) is 0 Å². The summed E-state index contributed by atoms with van der Waals surface area (Å²) in [6, 6.07) is 0. The molecule has 0 radical (unpaired) electrons. The third-order valence-electron chi connectivity index (χ3n) is 6.54. The summed E-state index contributed by atoms with van der Waals surface area (Å²) in [6.45, 7) is 8.09. The number of rotatable bonds is 5. The van der Waals surface area contributed by atoms with Gasteiger partial charge in [0, 0.05) is 45.1 Å². The molecule has 2 aliphatic heterocycles. The number of piperidine rings is 1. The molecule has 1 saturated carbocycles. The number of amides is 1. The molecule has 1 amide bonds. The van der Waals surface area contributed by atoms with Crippen molar-refractivity contribution in [1.82, 2.24) is 19.4 Å². The smallest absolute Gasteiger partial charge is 0.230 e. The molecule has 0 N–H and O–H groups in total. The Labute approximate surface area is 145 Å². The highest BCUT2D eigenvalue weighted by atomic mass is 16.2. The number of hydrogen-bond acceptors (Lipinski definition) is 3. The summed E-state index contributed by atoms with van der Waals surface area (Å²) in [4.78, 5) is 22.1. The first kappa shape index (κ1) is 16.1. The molecule has 1 unspecified atom stereocenters. The molecule has 3 aliphatic rings. The lowest BCUT2D eigenvalue weighted by atomic mass is 9.77. The Balaban J connectivity index is 1.35. The Kier molecular flexibility index (Phi) is 4.37. The van der Waals surface area contributed by atoms with E-state index in [0.717, 1.165) is 63.9 Å². The van der Waals surface area contributed by atoms with Crippen LogP contribution < -0.4 is 0 Å². The molecule has 3 heterocycles. The van der Waals surface area contributed by atoms with E-state index in [4.69, 9.17) is 0 Å². The highest BCUT2D eigenvalue weighted by Gasteiger charge is 2.48.